The van der Waals surface area contributed by atoms with Crippen molar-refractivity contribution in [2.24, 2.45) is 4.99 Å². The highest BCUT2D eigenvalue weighted by atomic mass is 19.3. The Morgan fingerprint density at radius 3 is 2.37 bits per heavy atom. The Labute approximate surface area is 160 Å². The van der Waals surface area contributed by atoms with Crippen LogP contribution >= 0.6 is 0 Å². The fourth-order valence-corrected chi connectivity index (χ4v) is 2.55. The Balaban J connectivity index is 2.50. The summed E-state index contributed by atoms with van der Waals surface area (Å²) in [7, 11) is 0. The van der Waals surface area contributed by atoms with Crippen LogP contribution in [0.15, 0.2) is 29.3 Å². The quantitative estimate of drug-likeness (QED) is 0.293. The van der Waals surface area contributed by atoms with E-state index in [1.807, 2.05) is 6.92 Å². The molecule has 0 saturated heterocycles. The number of nitrogens with one attached hydrogen (secondary N) is 2. The summed E-state index contributed by atoms with van der Waals surface area (Å²) in [4.78, 5) is 6.76. The average molecular weight is 386 g/mol. The molecule has 0 amide bonds. The van der Waals surface area contributed by atoms with Crippen molar-refractivity contribution in [3.63, 3.8) is 0 Å². The van der Waals surface area contributed by atoms with Gasteiger partial charge >= 0.3 is 6.61 Å². The molecule has 1 aromatic carbocycles. The molecule has 154 valence electrons. The lowest BCUT2D eigenvalue weighted by Gasteiger charge is -2.18. The van der Waals surface area contributed by atoms with E-state index in [1.165, 1.54) is 12.1 Å². The fraction of sp³-hybridized carbons (Fsp3) is 0.632. The number of hydrogen-bond donors (Lipinski definition) is 3. The predicted octanol–water partition coefficient (Wildman–Crippen LogP) is 2.61. The fourth-order valence-electron chi connectivity index (χ4n) is 2.55. The van der Waals surface area contributed by atoms with E-state index in [-0.39, 0.29) is 12.3 Å². The third-order valence-corrected chi connectivity index (χ3v) is 4.09. The van der Waals surface area contributed by atoms with Gasteiger partial charge in [-0.25, -0.2) is 0 Å². The van der Waals surface area contributed by atoms with Gasteiger partial charge in [-0.1, -0.05) is 26.0 Å². The van der Waals surface area contributed by atoms with Crippen LogP contribution in [0, 0.1) is 0 Å². The van der Waals surface area contributed by atoms with Crippen molar-refractivity contribution in [2.75, 3.05) is 39.3 Å². The minimum absolute atomic E-state index is 0.0626. The normalized spacial score (nSPS) is 13.1. The van der Waals surface area contributed by atoms with Crippen LogP contribution in [0.5, 0.6) is 5.75 Å². The van der Waals surface area contributed by atoms with Gasteiger partial charge in [0.1, 0.15) is 5.75 Å². The van der Waals surface area contributed by atoms with Crippen LogP contribution in [0.1, 0.15) is 38.9 Å². The SMILES string of the molecule is CCNC(=NCC(O)c1ccc(OC(F)F)cc1)NCCCN(CC)CC. The van der Waals surface area contributed by atoms with Crippen LogP contribution in [-0.4, -0.2) is 61.8 Å². The average Bonchev–Trinajstić information content (AvgIpc) is 2.66. The van der Waals surface area contributed by atoms with Gasteiger partial charge in [0.2, 0.25) is 0 Å². The Morgan fingerprint density at radius 2 is 1.81 bits per heavy atom. The van der Waals surface area contributed by atoms with E-state index in [4.69, 9.17) is 0 Å². The minimum atomic E-state index is -2.86. The molecule has 0 heterocycles. The molecular formula is C19H32F2N4O2. The number of aliphatic hydroxyl groups is 1. The molecule has 1 unspecified atom stereocenters. The molecule has 0 aliphatic heterocycles. The molecule has 1 atom stereocenters. The van der Waals surface area contributed by atoms with Gasteiger partial charge in [-0.15, -0.1) is 0 Å². The highest BCUT2D eigenvalue weighted by Crippen LogP contribution is 2.19. The molecule has 1 rings (SSSR count). The molecule has 0 aromatic heterocycles. The van der Waals surface area contributed by atoms with E-state index >= 15 is 0 Å². The molecule has 0 aliphatic carbocycles. The van der Waals surface area contributed by atoms with Crippen LogP contribution in [0.3, 0.4) is 0 Å². The van der Waals surface area contributed by atoms with E-state index in [0.717, 1.165) is 39.1 Å². The molecule has 6 nitrogen and oxygen atoms in total. The monoisotopic (exact) mass is 386 g/mol. The summed E-state index contributed by atoms with van der Waals surface area (Å²) in [5.41, 5.74) is 0.595. The standard InChI is InChI=1S/C19H32F2N4O2/c1-4-22-19(23-12-7-13-25(5-2)6-3)24-14-17(26)15-8-10-16(11-9-15)27-18(20)21/h8-11,17-18,26H,4-7,12-14H2,1-3H3,(H2,22,23,24). The van der Waals surface area contributed by atoms with Crippen molar-refractivity contribution >= 4 is 5.96 Å². The van der Waals surface area contributed by atoms with Crippen LogP contribution in [0.2, 0.25) is 0 Å². The van der Waals surface area contributed by atoms with Crippen molar-refractivity contribution in [2.45, 2.75) is 39.9 Å². The van der Waals surface area contributed by atoms with Crippen molar-refractivity contribution < 1.29 is 18.6 Å². The molecule has 1 aromatic rings. The maximum absolute atomic E-state index is 12.2. The van der Waals surface area contributed by atoms with Gasteiger partial charge < -0.3 is 25.4 Å². The van der Waals surface area contributed by atoms with E-state index in [9.17, 15) is 13.9 Å². The van der Waals surface area contributed by atoms with Gasteiger partial charge in [0.15, 0.2) is 5.96 Å². The molecule has 3 N–H and O–H groups in total. The summed E-state index contributed by atoms with van der Waals surface area (Å²) in [6.07, 6.45) is 0.178. The first-order valence-corrected chi connectivity index (χ1v) is 9.47. The number of halogens is 2. The lowest BCUT2D eigenvalue weighted by atomic mass is 10.1. The molecule has 0 fully saturated rings. The summed E-state index contributed by atoms with van der Waals surface area (Å²) < 4.78 is 28.6. The smallest absolute Gasteiger partial charge is 0.387 e. The summed E-state index contributed by atoms with van der Waals surface area (Å²) in [6.45, 7) is 8.19. The lowest BCUT2D eigenvalue weighted by molar-refractivity contribution is -0.0498. The highest BCUT2D eigenvalue weighted by molar-refractivity contribution is 5.79. The zero-order valence-corrected chi connectivity index (χ0v) is 16.4. The van der Waals surface area contributed by atoms with Gasteiger partial charge in [0, 0.05) is 13.1 Å². The number of rotatable bonds is 12. The van der Waals surface area contributed by atoms with E-state index in [2.05, 4.69) is 39.1 Å². The molecule has 0 aliphatic rings. The Hall–Kier alpha value is -1.93. The number of benzene rings is 1. The summed E-state index contributed by atoms with van der Waals surface area (Å²) in [6, 6.07) is 5.93. The molecule has 8 heteroatoms. The largest absolute Gasteiger partial charge is 0.435 e. The molecule has 27 heavy (non-hydrogen) atoms. The predicted molar refractivity (Wildman–Crippen MR) is 104 cm³/mol. The highest BCUT2D eigenvalue weighted by Gasteiger charge is 2.09. The Morgan fingerprint density at radius 1 is 1.15 bits per heavy atom. The first-order chi connectivity index (χ1) is 13.0. The topological polar surface area (TPSA) is 69.1 Å². The molecular weight excluding hydrogens is 354 g/mol. The number of ether oxygens (including phenoxy) is 1. The third kappa shape index (κ3) is 9.53. The van der Waals surface area contributed by atoms with Crippen molar-refractivity contribution in [1.29, 1.82) is 0 Å². The molecule has 0 spiro atoms. The number of nitrogens with zero attached hydrogens (tertiary/aromatic N) is 2. The molecule has 0 radical (unpaired) electrons. The van der Waals surface area contributed by atoms with Gasteiger partial charge in [-0.3, -0.25) is 4.99 Å². The maximum Gasteiger partial charge on any atom is 0.387 e. The van der Waals surface area contributed by atoms with Crippen LogP contribution in [-0.2, 0) is 0 Å². The Kier molecular flexibility index (Phi) is 11.4. The summed E-state index contributed by atoms with van der Waals surface area (Å²) in [5, 5.41) is 16.7. The van der Waals surface area contributed by atoms with Crippen LogP contribution in [0.25, 0.3) is 0 Å². The third-order valence-electron chi connectivity index (χ3n) is 4.09. The maximum atomic E-state index is 12.2. The van der Waals surface area contributed by atoms with E-state index < -0.39 is 12.7 Å². The lowest BCUT2D eigenvalue weighted by Crippen LogP contribution is -2.39. The van der Waals surface area contributed by atoms with Gasteiger partial charge in [0.05, 0.1) is 12.6 Å². The number of aliphatic hydroxyl groups excluding tert-OH is 1. The zero-order chi connectivity index (χ0) is 20.1. The van der Waals surface area contributed by atoms with Gasteiger partial charge in [-0.05, 0) is 50.7 Å². The van der Waals surface area contributed by atoms with Crippen LogP contribution in [0.4, 0.5) is 8.78 Å². The van der Waals surface area contributed by atoms with E-state index in [0.29, 0.717) is 11.5 Å². The number of guanidine groups is 1. The second-order valence-electron chi connectivity index (χ2n) is 5.99. The number of aliphatic imine (C=N–C) groups is 1. The Bertz CT molecular complexity index is 537. The van der Waals surface area contributed by atoms with Gasteiger partial charge in [-0.2, -0.15) is 8.78 Å². The summed E-state index contributed by atoms with van der Waals surface area (Å²) >= 11 is 0. The second-order valence-corrected chi connectivity index (χ2v) is 5.99. The zero-order valence-electron chi connectivity index (χ0n) is 16.4. The van der Waals surface area contributed by atoms with Crippen molar-refractivity contribution in [1.82, 2.24) is 15.5 Å². The first kappa shape index (κ1) is 23.1. The number of hydrogen-bond acceptors (Lipinski definition) is 4. The van der Waals surface area contributed by atoms with Crippen LogP contribution < -0.4 is 15.4 Å². The van der Waals surface area contributed by atoms with Crippen molar-refractivity contribution in [3.05, 3.63) is 29.8 Å². The second kappa shape index (κ2) is 13.3. The molecule has 0 bridgehead atoms. The number of alkyl halides is 2. The van der Waals surface area contributed by atoms with Gasteiger partial charge in [0.25, 0.3) is 0 Å². The first-order valence-electron chi connectivity index (χ1n) is 9.47. The minimum Gasteiger partial charge on any atom is -0.435 e. The summed E-state index contributed by atoms with van der Waals surface area (Å²) in [5.74, 6) is 0.710. The van der Waals surface area contributed by atoms with E-state index in [1.54, 1.807) is 12.1 Å². The van der Waals surface area contributed by atoms with Crippen molar-refractivity contribution in [3.8, 4) is 5.75 Å². The molecule has 0 saturated carbocycles.